The minimum Gasteiger partial charge on any atom is -0.458 e. The van der Waals surface area contributed by atoms with Gasteiger partial charge in [-0.3, -0.25) is 0 Å². The number of ether oxygens (including phenoxy) is 1. The fraction of sp³-hybridized carbons (Fsp3) is 0. The second kappa shape index (κ2) is 13.3. The molecule has 10 aromatic carbocycles. The molecule has 12 aromatic rings. The summed E-state index contributed by atoms with van der Waals surface area (Å²) in [5.74, 6) is 1.90. The lowest BCUT2D eigenvalue weighted by Gasteiger charge is -2.50. The maximum absolute atomic E-state index is 7.67. The second-order valence-corrected chi connectivity index (χ2v) is 22.2. The topological polar surface area (TPSA) is 19.0 Å². The molecule has 16 rings (SSSR count). The predicted molar refractivity (Wildman–Crippen MR) is 287 cm³/mol. The highest BCUT2D eigenvalue weighted by atomic mass is 31.1. The zero-order chi connectivity index (χ0) is 43.5. The SMILES string of the molecule is c1ccc(N2c3ccccc3N3c4c2ccc2c4B4c5c(cc6c7ccccc7p(-c7ccccc7)c6c5N2c2ccccc2)Oc2cc5c6ccccc6p(-c6ccccc6)c5c3c24)cc1. The van der Waals surface area contributed by atoms with Gasteiger partial charge in [0.1, 0.15) is 11.5 Å². The van der Waals surface area contributed by atoms with Crippen molar-refractivity contribution in [2.24, 2.45) is 0 Å². The van der Waals surface area contributed by atoms with Crippen LogP contribution in [0.5, 0.6) is 11.5 Å². The Labute approximate surface area is 389 Å². The van der Waals surface area contributed by atoms with Crippen LogP contribution in [0.25, 0.3) is 52.6 Å². The van der Waals surface area contributed by atoms with Crippen molar-refractivity contribution in [2.45, 2.75) is 0 Å². The fourth-order valence-corrected chi connectivity index (χ4v) is 17.8. The molecule has 4 aliphatic rings. The largest absolute Gasteiger partial charge is 0.458 e. The molecule has 0 N–H and O–H groups in total. The summed E-state index contributed by atoms with van der Waals surface area (Å²) in [6.07, 6.45) is 0. The first-order valence-electron chi connectivity index (χ1n) is 23.1. The van der Waals surface area contributed by atoms with E-state index >= 15 is 0 Å². The van der Waals surface area contributed by atoms with Crippen molar-refractivity contribution in [3.8, 4) is 22.1 Å². The molecular weight excluding hydrogens is 851 g/mol. The molecule has 0 bridgehead atoms. The van der Waals surface area contributed by atoms with Gasteiger partial charge in [-0.05, 0) is 109 Å². The summed E-state index contributed by atoms with van der Waals surface area (Å²) >= 11 is 0. The van der Waals surface area contributed by atoms with Gasteiger partial charge in [0.15, 0.2) is 0 Å². The Morgan fingerprint density at radius 2 is 0.761 bits per heavy atom. The minimum absolute atomic E-state index is 0.101. The average molecular weight is 888 g/mol. The van der Waals surface area contributed by atoms with Gasteiger partial charge in [-0.25, -0.2) is 0 Å². The monoisotopic (exact) mass is 887 g/mol. The van der Waals surface area contributed by atoms with Crippen LogP contribution in [0.1, 0.15) is 0 Å². The van der Waals surface area contributed by atoms with E-state index in [1.165, 1.54) is 103 Å². The van der Waals surface area contributed by atoms with Crippen molar-refractivity contribution in [3.63, 3.8) is 0 Å². The van der Waals surface area contributed by atoms with E-state index in [4.69, 9.17) is 4.74 Å². The lowest BCUT2D eigenvalue weighted by atomic mass is 9.32. The highest BCUT2D eigenvalue weighted by molar-refractivity contribution is 7.68. The number of para-hydroxylation sites is 4. The Kier molecular flexibility index (Phi) is 7.23. The van der Waals surface area contributed by atoms with Crippen LogP contribution in [-0.4, -0.2) is 6.71 Å². The molecule has 2 aromatic heterocycles. The minimum atomic E-state index is -0.947. The zero-order valence-electron chi connectivity index (χ0n) is 36.0. The van der Waals surface area contributed by atoms with E-state index in [0.717, 1.165) is 28.6 Å². The molecule has 7 heteroatoms. The summed E-state index contributed by atoms with van der Waals surface area (Å²) in [6.45, 7) is -0.101. The molecular formula is C60H36BN3OP2. The van der Waals surface area contributed by atoms with E-state index in [1.54, 1.807) is 0 Å². The van der Waals surface area contributed by atoms with Crippen LogP contribution in [0.4, 0.5) is 51.2 Å². The van der Waals surface area contributed by atoms with Crippen molar-refractivity contribution in [2.75, 3.05) is 14.7 Å². The van der Waals surface area contributed by atoms with E-state index in [0.29, 0.717) is 0 Å². The lowest BCUT2D eigenvalue weighted by molar-refractivity contribution is 0.489. The second-order valence-electron chi connectivity index (χ2n) is 18.0. The van der Waals surface area contributed by atoms with Crippen LogP contribution in [0.15, 0.2) is 218 Å². The average Bonchev–Trinajstić information content (AvgIpc) is 3.91. The molecule has 310 valence electrons. The van der Waals surface area contributed by atoms with Gasteiger partial charge in [0.2, 0.25) is 0 Å². The van der Waals surface area contributed by atoms with Gasteiger partial charge < -0.3 is 19.4 Å². The molecule has 0 spiro atoms. The maximum atomic E-state index is 7.67. The molecule has 0 aliphatic carbocycles. The molecule has 2 atom stereocenters. The molecule has 4 nitrogen and oxygen atoms in total. The van der Waals surface area contributed by atoms with E-state index in [2.05, 4.69) is 233 Å². The van der Waals surface area contributed by atoms with Gasteiger partial charge in [-0.2, -0.15) is 0 Å². The quantitative estimate of drug-likeness (QED) is 0.164. The summed E-state index contributed by atoms with van der Waals surface area (Å²) in [4.78, 5) is 7.78. The third-order valence-electron chi connectivity index (χ3n) is 14.7. The first kappa shape index (κ1) is 36.3. The number of fused-ring (bicyclic) bond motifs is 11. The maximum Gasteiger partial charge on any atom is 0.262 e. The van der Waals surface area contributed by atoms with E-state index < -0.39 is 15.1 Å². The Balaban J connectivity index is 1.14. The molecule has 6 heterocycles. The van der Waals surface area contributed by atoms with Gasteiger partial charge >= 0.3 is 0 Å². The van der Waals surface area contributed by atoms with Gasteiger partial charge in [0.05, 0.1) is 34.1 Å². The lowest BCUT2D eigenvalue weighted by Crippen LogP contribution is -2.63. The van der Waals surface area contributed by atoms with Gasteiger partial charge in [0.25, 0.3) is 6.71 Å². The smallest absolute Gasteiger partial charge is 0.262 e. The molecule has 0 saturated carbocycles. The number of nitrogens with zero attached hydrogens (tertiary/aromatic N) is 3. The van der Waals surface area contributed by atoms with E-state index in [-0.39, 0.29) is 6.71 Å². The first-order valence-corrected chi connectivity index (χ1v) is 25.8. The number of benzene rings is 10. The first-order chi connectivity index (χ1) is 33.3. The van der Waals surface area contributed by atoms with Crippen LogP contribution >= 0.6 is 15.1 Å². The summed E-state index contributed by atoms with van der Waals surface area (Å²) in [5.41, 5.74) is 14.6. The highest BCUT2D eigenvalue weighted by Crippen LogP contribution is 2.66. The fourth-order valence-electron chi connectivity index (χ4n) is 12.2. The third-order valence-corrected chi connectivity index (χ3v) is 19.9. The van der Waals surface area contributed by atoms with Gasteiger partial charge in [-0.15, -0.1) is 0 Å². The molecule has 0 radical (unpaired) electrons. The normalized spacial score (nSPS) is 14.2. The van der Waals surface area contributed by atoms with Crippen molar-refractivity contribution < 1.29 is 4.74 Å². The number of rotatable bonds is 4. The van der Waals surface area contributed by atoms with Crippen molar-refractivity contribution in [3.05, 3.63) is 218 Å². The molecule has 2 unspecified atom stereocenters. The molecule has 0 amide bonds. The van der Waals surface area contributed by atoms with Crippen LogP contribution in [0.3, 0.4) is 0 Å². The highest BCUT2D eigenvalue weighted by Gasteiger charge is 2.53. The third kappa shape index (κ3) is 4.65. The number of anilines is 9. The Morgan fingerprint density at radius 1 is 0.328 bits per heavy atom. The summed E-state index contributed by atoms with van der Waals surface area (Å²) in [7, 11) is -1.88. The van der Waals surface area contributed by atoms with Gasteiger partial charge in [-0.1, -0.05) is 173 Å². The van der Waals surface area contributed by atoms with Crippen molar-refractivity contribution >= 4 is 131 Å². The van der Waals surface area contributed by atoms with Crippen LogP contribution < -0.4 is 35.8 Å². The number of hydrogen-bond donors (Lipinski definition) is 0. The Hall–Kier alpha value is -7.94. The van der Waals surface area contributed by atoms with Crippen LogP contribution in [0, 0.1) is 0 Å². The van der Waals surface area contributed by atoms with Crippen LogP contribution in [0.2, 0.25) is 0 Å². The molecule has 4 aliphatic heterocycles. The van der Waals surface area contributed by atoms with E-state index in [9.17, 15) is 0 Å². The Bertz CT molecular complexity index is 4080. The predicted octanol–water partition coefficient (Wildman–Crippen LogP) is 16.2. The summed E-state index contributed by atoms with van der Waals surface area (Å²) < 4.78 is 7.67. The van der Waals surface area contributed by atoms with E-state index in [1.807, 2.05) is 0 Å². The number of hydrogen-bond acceptors (Lipinski definition) is 4. The standard InChI is InChI=1S/C60H36BN3OP2/c1-5-19-37(20-6-1)62-45-29-15-16-30-46(45)64-56-48(62)34-33-47-53(56)61-54-49(65-50-36-44-42-28-14-18-32-52(42)67(40-25-11-4-12-26-40)60(44)58(64)55(50)61)35-43-41-27-13-17-31-51(41)66(39-23-9-3-10-24-39)59(43)57(54)63(47)38-21-7-2-8-22-38/h1-36H. The molecule has 67 heavy (non-hydrogen) atoms. The van der Waals surface area contributed by atoms with Crippen molar-refractivity contribution in [1.29, 1.82) is 0 Å². The van der Waals surface area contributed by atoms with Crippen molar-refractivity contribution in [1.82, 2.24) is 0 Å². The summed E-state index contributed by atoms with van der Waals surface area (Å²) in [6, 6.07) is 81.5. The van der Waals surface area contributed by atoms with Crippen LogP contribution in [-0.2, 0) is 0 Å². The zero-order valence-corrected chi connectivity index (χ0v) is 37.8. The molecule has 0 saturated heterocycles. The Morgan fingerprint density at radius 3 is 1.31 bits per heavy atom. The van der Waals surface area contributed by atoms with Gasteiger partial charge in [0, 0.05) is 37.5 Å². The summed E-state index contributed by atoms with van der Waals surface area (Å²) in [5, 5.41) is 13.5. The molecule has 0 fully saturated rings.